The lowest BCUT2D eigenvalue weighted by Crippen LogP contribution is -2.40. The molecular weight excluding hydrogens is 294 g/mol. The summed E-state index contributed by atoms with van der Waals surface area (Å²) >= 11 is 0. The highest BCUT2D eigenvalue weighted by Gasteiger charge is 2.27. The van der Waals surface area contributed by atoms with Gasteiger partial charge in [0.05, 0.1) is 23.5 Å². The lowest BCUT2D eigenvalue weighted by molar-refractivity contribution is 0.0509. The van der Waals surface area contributed by atoms with Crippen LogP contribution in [0.5, 0.6) is 0 Å². The van der Waals surface area contributed by atoms with Gasteiger partial charge < -0.3 is 20.1 Å². The first-order valence-electron chi connectivity index (χ1n) is 7.97. The molecule has 1 amide bonds. The van der Waals surface area contributed by atoms with Crippen molar-refractivity contribution in [2.75, 3.05) is 18.0 Å². The number of carbonyl (C=O) groups is 1. The Balaban J connectivity index is 1.97. The quantitative estimate of drug-likeness (QED) is 0.894. The minimum atomic E-state index is -0.920. The molecule has 1 aromatic rings. The summed E-state index contributed by atoms with van der Waals surface area (Å²) in [6.07, 6.45) is 3.93. The number of aromatic nitrogens is 1. The van der Waals surface area contributed by atoms with Gasteiger partial charge in [0.25, 0.3) is 0 Å². The van der Waals surface area contributed by atoms with Crippen molar-refractivity contribution >= 4 is 11.8 Å². The van der Waals surface area contributed by atoms with Crippen LogP contribution >= 0.6 is 0 Å². The first kappa shape index (κ1) is 17.5. The van der Waals surface area contributed by atoms with Gasteiger partial charge in [0.15, 0.2) is 0 Å². The highest BCUT2D eigenvalue weighted by Crippen LogP contribution is 2.25. The first-order valence-corrected chi connectivity index (χ1v) is 7.97. The Kier molecular flexibility index (Phi) is 4.84. The number of anilines is 1. The largest absolute Gasteiger partial charge is 0.444 e. The summed E-state index contributed by atoms with van der Waals surface area (Å²) in [6.45, 7) is 10.6. The molecule has 1 aromatic heterocycles. The lowest BCUT2D eigenvalue weighted by Gasteiger charge is -2.23. The van der Waals surface area contributed by atoms with E-state index in [4.69, 9.17) is 4.74 Å². The van der Waals surface area contributed by atoms with E-state index in [0.717, 1.165) is 24.2 Å². The van der Waals surface area contributed by atoms with Crippen molar-refractivity contribution in [1.29, 1.82) is 0 Å². The average molecular weight is 321 g/mol. The maximum absolute atomic E-state index is 11.8. The Bertz CT molecular complexity index is 561. The molecule has 0 unspecified atom stereocenters. The van der Waals surface area contributed by atoms with E-state index in [-0.39, 0.29) is 12.1 Å². The van der Waals surface area contributed by atoms with Gasteiger partial charge in [0.1, 0.15) is 5.60 Å². The fourth-order valence-corrected chi connectivity index (χ4v) is 2.52. The van der Waals surface area contributed by atoms with Crippen molar-refractivity contribution in [3.8, 4) is 0 Å². The van der Waals surface area contributed by atoms with Gasteiger partial charge in [-0.15, -0.1) is 0 Å². The fourth-order valence-electron chi connectivity index (χ4n) is 2.52. The molecule has 1 saturated heterocycles. The highest BCUT2D eigenvalue weighted by atomic mass is 16.6. The van der Waals surface area contributed by atoms with Gasteiger partial charge in [-0.05, 0) is 47.1 Å². The van der Waals surface area contributed by atoms with Gasteiger partial charge >= 0.3 is 6.09 Å². The van der Waals surface area contributed by atoms with Crippen LogP contribution in [0.3, 0.4) is 0 Å². The summed E-state index contributed by atoms with van der Waals surface area (Å²) in [5.41, 5.74) is 0.321. The second-order valence-corrected chi connectivity index (χ2v) is 7.57. The minimum Gasteiger partial charge on any atom is -0.444 e. The zero-order valence-electron chi connectivity index (χ0n) is 14.6. The van der Waals surface area contributed by atoms with Crippen LogP contribution in [-0.2, 0) is 10.3 Å². The number of nitrogens with one attached hydrogen (secondary N) is 1. The molecule has 0 bridgehead atoms. The third-order valence-corrected chi connectivity index (χ3v) is 3.70. The Morgan fingerprint density at radius 1 is 1.35 bits per heavy atom. The summed E-state index contributed by atoms with van der Waals surface area (Å²) in [6, 6.07) is 2.00. The SMILES string of the molecule is CC(C)(C)OC(=O)N[C@@H]1CCN(c2cncc(C(C)(C)O)c2)C1. The van der Waals surface area contributed by atoms with E-state index in [1.54, 1.807) is 26.2 Å². The smallest absolute Gasteiger partial charge is 0.407 e. The summed E-state index contributed by atoms with van der Waals surface area (Å²) in [4.78, 5) is 18.2. The van der Waals surface area contributed by atoms with Crippen LogP contribution in [0, 0.1) is 0 Å². The number of alkyl carbamates (subject to hydrolysis) is 1. The Labute approximate surface area is 137 Å². The van der Waals surface area contributed by atoms with E-state index in [0.29, 0.717) is 6.54 Å². The van der Waals surface area contributed by atoms with Gasteiger partial charge in [0, 0.05) is 24.8 Å². The molecule has 6 nitrogen and oxygen atoms in total. The normalized spacial score (nSPS) is 18.9. The zero-order valence-corrected chi connectivity index (χ0v) is 14.6. The van der Waals surface area contributed by atoms with Gasteiger partial charge in [0.2, 0.25) is 0 Å². The molecule has 128 valence electrons. The molecule has 1 fully saturated rings. The van der Waals surface area contributed by atoms with Crippen LogP contribution in [0.25, 0.3) is 0 Å². The first-order chi connectivity index (χ1) is 10.5. The average Bonchev–Trinajstić information content (AvgIpc) is 2.84. The number of amides is 1. The van der Waals surface area contributed by atoms with E-state index in [9.17, 15) is 9.90 Å². The van der Waals surface area contributed by atoms with Crippen LogP contribution < -0.4 is 10.2 Å². The van der Waals surface area contributed by atoms with Crippen molar-refractivity contribution < 1.29 is 14.6 Å². The van der Waals surface area contributed by atoms with Gasteiger partial charge in [-0.3, -0.25) is 4.98 Å². The van der Waals surface area contributed by atoms with E-state index in [2.05, 4.69) is 15.2 Å². The molecule has 1 aliphatic rings. The minimum absolute atomic E-state index is 0.0515. The Morgan fingerprint density at radius 2 is 2.04 bits per heavy atom. The van der Waals surface area contributed by atoms with Crippen LogP contribution in [-0.4, -0.2) is 40.9 Å². The number of pyridine rings is 1. The standard InChI is InChI=1S/C17H27N3O3/c1-16(2,3)23-15(21)19-13-6-7-20(11-13)14-8-12(9-18-10-14)17(4,5)22/h8-10,13,22H,6-7,11H2,1-5H3,(H,19,21)/t13-/m1/s1. The van der Waals surface area contributed by atoms with E-state index >= 15 is 0 Å². The van der Waals surface area contributed by atoms with Crippen molar-refractivity contribution in [2.24, 2.45) is 0 Å². The van der Waals surface area contributed by atoms with Crippen LogP contribution in [0.2, 0.25) is 0 Å². The Morgan fingerprint density at radius 3 is 2.65 bits per heavy atom. The van der Waals surface area contributed by atoms with Crippen molar-refractivity contribution in [2.45, 2.75) is 58.3 Å². The Hall–Kier alpha value is -1.82. The summed E-state index contributed by atoms with van der Waals surface area (Å²) in [7, 11) is 0. The van der Waals surface area contributed by atoms with E-state index < -0.39 is 11.2 Å². The predicted octanol–water partition coefficient (Wildman–Crippen LogP) is 2.41. The lowest BCUT2D eigenvalue weighted by atomic mass is 10.0. The molecule has 0 aromatic carbocycles. The summed E-state index contributed by atoms with van der Waals surface area (Å²) in [5, 5.41) is 13.0. The predicted molar refractivity (Wildman–Crippen MR) is 89.5 cm³/mol. The molecule has 6 heteroatoms. The van der Waals surface area contributed by atoms with Crippen LogP contribution in [0.15, 0.2) is 18.5 Å². The second kappa shape index (κ2) is 6.35. The molecular formula is C17H27N3O3. The highest BCUT2D eigenvalue weighted by molar-refractivity contribution is 5.68. The third kappa shape index (κ3) is 5.10. The number of aliphatic hydroxyl groups is 1. The molecule has 2 N–H and O–H groups in total. The molecule has 1 aliphatic heterocycles. The van der Waals surface area contributed by atoms with E-state index in [1.165, 1.54) is 0 Å². The molecule has 0 radical (unpaired) electrons. The number of hydrogen-bond donors (Lipinski definition) is 2. The van der Waals surface area contributed by atoms with Gasteiger partial charge in [-0.2, -0.15) is 0 Å². The number of hydrogen-bond acceptors (Lipinski definition) is 5. The number of carbonyl (C=O) groups excluding carboxylic acids is 1. The number of ether oxygens (including phenoxy) is 1. The van der Waals surface area contributed by atoms with Crippen molar-refractivity contribution in [3.05, 3.63) is 24.0 Å². The van der Waals surface area contributed by atoms with Crippen LogP contribution in [0.1, 0.15) is 46.6 Å². The molecule has 23 heavy (non-hydrogen) atoms. The maximum atomic E-state index is 11.8. The monoisotopic (exact) mass is 321 g/mol. The molecule has 0 saturated carbocycles. The molecule has 1 atom stereocenters. The number of rotatable bonds is 3. The molecule has 2 rings (SSSR count). The van der Waals surface area contributed by atoms with Gasteiger partial charge in [-0.1, -0.05) is 0 Å². The topological polar surface area (TPSA) is 74.7 Å². The van der Waals surface area contributed by atoms with Crippen LogP contribution in [0.4, 0.5) is 10.5 Å². The van der Waals surface area contributed by atoms with Gasteiger partial charge in [-0.25, -0.2) is 4.79 Å². The zero-order chi connectivity index (χ0) is 17.3. The van der Waals surface area contributed by atoms with Crippen molar-refractivity contribution in [1.82, 2.24) is 10.3 Å². The summed E-state index contributed by atoms with van der Waals surface area (Å²) < 4.78 is 5.29. The molecule has 0 spiro atoms. The fraction of sp³-hybridized carbons (Fsp3) is 0.647. The molecule has 2 heterocycles. The van der Waals surface area contributed by atoms with Crippen molar-refractivity contribution in [3.63, 3.8) is 0 Å². The maximum Gasteiger partial charge on any atom is 0.407 e. The summed E-state index contributed by atoms with van der Waals surface area (Å²) in [5.74, 6) is 0. The molecule has 0 aliphatic carbocycles. The second-order valence-electron chi connectivity index (χ2n) is 7.57. The number of nitrogens with zero attached hydrogens (tertiary/aromatic N) is 2. The van der Waals surface area contributed by atoms with E-state index in [1.807, 2.05) is 26.8 Å². The third-order valence-electron chi connectivity index (χ3n) is 3.70.